The molecule has 0 aliphatic carbocycles. The minimum atomic E-state index is -0.0351. The zero-order valence-electron chi connectivity index (χ0n) is 16.5. The van der Waals surface area contributed by atoms with Crippen LogP contribution >= 0.6 is 0 Å². The van der Waals surface area contributed by atoms with Gasteiger partial charge >= 0.3 is 0 Å². The zero-order chi connectivity index (χ0) is 19.1. The molecule has 1 amide bonds. The summed E-state index contributed by atoms with van der Waals surface area (Å²) >= 11 is 0. The van der Waals surface area contributed by atoms with Crippen LogP contribution in [0.1, 0.15) is 47.3 Å². The monoisotopic (exact) mass is 369 g/mol. The van der Waals surface area contributed by atoms with Crippen LogP contribution in [0.4, 0.5) is 5.82 Å². The highest BCUT2D eigenvalue weighted by atomic mass is 16.5. The molecule has 2 aromatic rings. The van der Waals surface area contributed by atoms with Crippen LogP contribution in [-0.2, 0) is 18.2 Å². The predicted molar refractivity (Wildman–Crippen MR) is 103 cm³/mol. The zero-order valence-corrected chi connectivity index (χ0v) is 16.5. The lowest BCUT2D eigenvalue weighted by Gasteiger charge is -2.35. The molecule has 2 aliphatic rings. The van der Waals surface area contributed by atoms with Gasteiger partial charge in [-0.3, -0.25) is 9.48 Å². The van der Waals surface area contributed by atoms with Crippen LogP contribution in [0, 0.1) is 6.92 Å². The van der Waals surface area contributed by atoms with Crippen molar-refractivity contribution in [1.29, 1.82) is 0 Å². The summed E-state index contributed by atoms with van der Waals surface area (Å²) in [4.78, 5) is 21.8. The van der Waals surface area contributed by atoms with Gasteiger partial charge in [0.15, 0.2) is 5.69 Å². The summed E-state index contributed by atoms with van der Waals surface area (Å²) in [7, 11) is 1.90. The van der Waals surface area contributed by atoms with E-state index < -0.39 is 0 Å². The van der Waals surface area contributed by atoms with Gasteiger partial charge in [-0.2, -0.15) is 5.10 Å². The Hall–Kier alpha value is -2.41. The summed E-state index contributed by atoms with van der Waals surface area (Å²) in [6.07, 6.45) is 2.65. The number of carbonyl (C=O) groups excluding carboxylic acids is 1. The van der Waals surface area contributed by atoms with Crippen LogP contribution in [0.3, 0.4) is 0 Å². The van der Waals surface area contributed by atoms with E-state index in [0.29, 0.717) is 18.8 Å². The summed E-state index contributed by atoms with van der Waals surface area (Å²) in [6.45, 7) is 9.08. The molecule has 0 unspecified atom stereocenters. The molecule has 0 spiro atoms. The maximum absolute atomic E-state index is 13.2. The first-order valence-electron chi connectivity index (χ1n) is 9.62. The number of piperazine rings is 1. The fraction of sp³-hybridized carbons (Fsp3) is 0.550. The highest BCUT2D eigenvalue weighted by Gasteiger charge is 2.33. The molecule has 2 aromatic heterocycles. The normalized spacial score (nSPS) is 22.7. The molecule has 0 saturated carbocycles. The van der Waals surface area contributed by atoms with Crippen molar-refractivity contribution < 1.29 is 9.53 Å². The van der Waals surface area contributed by atoms with Gasteiger partial charge in [-0.05, 0) is 38.5 Å². The molecule has 1 fully saturated rings. The third-order valence-corrected chi connectivity index (χ3v) is 5.50. The molecule has 0 radical (unpaired) electrons. The Morgan fingerprint density at radius 3 is 2.67 bits per heavy atom. The fourth-order valence-corrected chi connectivity index (χ4v) is 4.19. The summed E-state index contributed by atoms with van der Waals surface area (Å²) in [6, 6.07) is 4.09. The molecule has 2 atom stereocenters. The van der Waals surface area contributed by atoms with E-state index in [-0.39, 0.29) is 18.1 Å². The van der Waals surface area contributed by atoms with Crippen LogP contribution in [0.2, 0.25) is 0 Å². The van der Waals surface area contributed by atoms with Crippen molar-refractivity contribution in [3.8, 4) is 0 Å². The van der Waals surface area contributed by atoms with Gasteiger partial charge in [-0.1, -0.05) is 0 Å². The maximum Gasteiger partial charge on any atom is 0.274 e. The van der Waals surface area contributed by atoms with E-state index in [2.05, 4.69) is 28.0 Å². The van der Waals surface area contributed by atoms with Crippen molar-refractivity contribution in [2.75, 3.05) is 31.1 Å². The first-order valence-corrected chi connectivity index (χ1v) is 9.62. The molecule has 4 heterocycles. The number of nitrogens with zero attached hydrogens (tertiary/aromatic N) is 5. The van der Waals surface area contributed by atoms with Crippen molar-refractivity contribution in [2.45, 2.75) is 39.4 Å². The Balaban J connectivity index is 1.50. The van der Waals surface area contributed by atoms with Crippen molar-refractivity contribution in [3.63, 3.8) is 0 Å². The average molecular weight is 369 g/mol. The topological polar surface area (TPSA) is 63.5 Å². The number of hydrogen-bond donors (Lipinski definition) is 0. The largest absolute Gasteiger partial charge is 0.369 e. The Morgan fingerprint density at radius 2 is 1.96 bits per heavy atom. The van der Waals surface area contributed by atoms with Gasteiger partial charge in [0.25, 0.3) is 5.91 Å². The Kier molecular flexibility index (Phi) is 4.63. The predicted octanol–water partition coefficient (Wildman–Crippen LogP) is 2.11. The molecule has 0 bridgehead atoms. The van der Waals surface area contributed by atoms with Gasteiger partial charge in [0.05, 0.1) is 17.9 Å². The first kappa shape index (κ1) is 18.0. The van der Waals surface area contributed by atoms with E-state index >= 15 is 0 Å². The second kappa shape index (κ2) is 6.96. The molecule has 7 nitrogen and oxygen atoms in total. The molecule has 2 aliphatic heterocycles. The fourth-order valence-electron chi connectivity index (χ4n) is 4.19. The molecular formula is C20H27N5O2. The summed E-state index contributed by atoms with van der Waals surface area (Å²) < 4.78 is 7.72. The lowest BCUT2D eigenvalue weighted by molar-refractivity contribution is -0.00906. The second-order valence-corrected chi connectivity index (χ2v) is 7.60. The van der Waals surface area contributed by atoms with E-state index in [9.17, 15) is 4.79 Å². The molecular weight excluding hydrogens is 342 g/mol. The Bertz CT molecular complexity index is 854. The molecule has 4 rings (SSSR count). The number of anilines is 1. The number of hydrogen-bond acceptors (Lipinski definition) is 5. The second-order valence-electron chi connectivity index (χ2n) is 7.60. The van der Waals surface area contributed by atoms with Crippen molar-refractivity contribution in [1.82, 2.24) is 19.7 Å². The number of amides is 1. The van der Waals surface area contributed by atoms with Crippen LogP contribution in [0.5, 0.6) is 0 Å². The average Bonchev–Trinajstić information content (AvgIpc) is 2.98. The highest BCUT2D eigenvalue weighted by Crippen LogP contribution is 2.32. The summed E-state index contributed by atoms with van der Waals surface area (Å²) in [5.41, 5.74) is 3.87. The first-order chi connectivity index (χ1) is 12.9. The van der Waals surface area contributed by atoms with Gasteiger partial charge in [0.1, 0.15) is 5.82 Å². The van der Waals surface area contributed by atoms with E-state index in [1.807, 2.05) is 42.7 Å². The van der Waals surface area contributed by atoms with Crippen molar-refractivity contribution >= 4 is 11.7 Å². The van der Waals surface area contributed by atoms with Gasteiger partial charge in [0, 0.05) is 51.4 Å². The molecule has 7 heteroatoms. The van der Waals surface area contributed by atoms with Gasteiger partial charge in [0.2, 0.25) is 0 Å². The van der Waals surface area contributed by atoms with Crippen molar-refractivity contribution in [2.24, 2.45) is 7.05 Å². The van der Waals surface area contributed by atoms with E-state index in [0.717, 1.165) is 36.6 Å². The molecule has 0 aromatic carbocycles. The molecule has 1 saturated heterocycles. The number of fused-ring (bicyclic) bond motifs is 1. The standard InChI is InChI=1S/C20H27N5O2/c1-13-5-6-21-17(11-13)24-7-9-25(10-8-24)20(26)18-16-12-14(2)27-15(3)19(16)23(4)22-18/h5-6,11,14-15H,7-10,12H2,1-4H3/t14-,15+/m1/s1. The minimum absolute atomic E-state index is 0.0324. The van der Waals surface area contributed by atoms with Crippen LogP contribution in [0.25, 0.3) is 0 Å². The third kappa shape index (κ3) is 3.32. The molecule has 144 valence electrons. The number of aryl methyl sites for hydroxylation is 2. The lowest BCUT2D eigenvalue weighted by Crippen LogP contribution is -2.49. The maximum atomic E-state index is 13.2. The van der Waals surface area contributed by atoms with E-state index in [1.165, 1.54) is 5.56 Å². The van der Waals surface area contributed by atoms with Gasteiger partial charge < -0.3 is 14.5 Å². The Morgan fingerprint density at radius 1 is 1.22 bits per heavy atom. The number of rotatable bonds is 2. The van der Waals surface area contributed by atoms with Crippen molar-refractivity contribution in [3.05, 3.63) is 40.8 Å². The minimum Gasteiger partial charge on any atom is -0.369 e. The number of aromatic nitrogens is 3. The van der Waals surface area contributed by atoms with Gasteiger partial charge in [-0.25, -0.2) is 4.98 Å². The summed E-state index contributed by atoms with van der Waals surface area (Å²) in [5.74, 6) is 1.02. The number of carbonyl (C=O) groups is 1. The van der Waals surface area contributed by atoms with Crippen LogP contribution in [-0.4, -0.2) is 57.9 Å². The summed E-state index contributed by atoms with van der Waals surface area (Å²) in [5, 5.41) is 4.56. The molecule has 0 N–H and O–H groups in total. The number of pyridine rings is 1. The lowest BCUT2D eigenvalue weighted by atomic mass is 9.99. The van der Waals surface area contributed by atoms with Crippen LogP contribution in [0.15, 0.2) is 18.3 Å². The quantitative estimate of drug-likeness (QED) is 0.811. The molecule has 27 heavy (non-hydrogen) atoms. The third-order valence-electron chi connectivity index (χ3n) is 5.50. The van der Waals surface area contributed by atoms with E-state index in [4.69, 9.17) is 4.74 Å². The Labute approximate surface area is 159 Å². The van der Waals surface area contributed by atoms with Gasteiger partial charge in [-0.15, -0.1) is 0 Å². The number of ether oxygens (including phenoxy) is 1. The van der Waals surface area contributed by atoms with E-state index in [1.54, 1.807) is 0 Å². The SMILES string of the molecule is Cc1ccnc(N2CCN(C(=O)c3nn(C)c4c3C[C@@H](C)O[C@H]4C)CC2)c1. The van der Waals surface area contributed by atoms with Crippen LogP contribution < -0.4 is 4.90 Å². The smallest absolute Gasteiger partial charge is 0.274 e. The highest BCUT2D eigenvalue weighted by molar-refractivity contribution is 5.94.